The Labute approximate surface area is 197 Å². The van der Waals surface area contributed by atoms with Gasteiger partial charge in [0.05, 0.1) is 18.9 Å². The lowest BCUT2D eigenvalue weighted by atomic mass is 10.0. The van der Waals surface area contributed by atoms with Crippen LogP contribution in [0.2, 0.25) is 0 Å². The molecule has 2 aromatic carbocycles. The fourth-order valence-corrected chi connectivity index (χ4v) is 3.23. The number of rotatable bonds is 9. The standard InChI is InChI=1S/C24H28N4O6/c1-24(2,10-11-26-16-6-4-15(5-7-16)23(31)32)28-22(30)21(29)27-17-8-9-18(19(12-17)33-3)20-13-25-14-34-20/h4-9,12-14,23,26,31-32H,10-11H2,1-3H3,(H,27,29)(H,28,30). The van der Waals surface area contributed by atoms with Crippen molar-refractivity contribution in [3.63, 3.8) is 0 Å². The van der Waals surface area contributed by atoms with Gasteiger partial charge in [-0.05, 0) is 44.5 Å². The third kappa shape index (κ3) is 6.56. The Bertz CT molecular complexity index is 1110. The predicted octanol–water partition coefficient (Wildman–Crippen LogP) is 2.67. The minimum Gasteiger partial charge on any atom is -0.496 e. The van der Waals surface area contributed by atoms with E-state index in [1.165, 1.54) is 13.5 Å². The van der Waals surface area contributed by atoms with Gasteiger partial charge < -0.3 is 35.3 Å². The van der Waals surface area contributed by atoms with Crippen LogP contribution in [0.3, 0.4) is 0 Å². The number of carbonyl (C=O) groups excluding carboxylic acids is 2. The van der Waals surface area contributed by atoms with Crippen LogP contribution in [-0.2, 0) is 9.59 Å². The van der Waals surface area contributed by atoms with E-state index in [-0.39, 0.29) is 0 Å². The van der Waals surface area contributed by atoms with Gasteiger partial charge in [0.15, 0.2) is 18.4 Å². The zero-order chi connectivity index (χ0) is 24.7. The number of carbonyl (C=O) groups is 2. The first-order valence-corrected chi connectivity index (χ1v) is 10.6. The van der Waals surface area contributed by atoms with Gasteiger partial charge in [-0.2, -0.15) is 0 Å². The summed E-state index contributed by atoms with van der Waals surface area (Å²) in [5.74, 6) is -0.578. The number of aliphatic hydroxyl groups excluding tert-OH is 1. The van der Waals surface area contributed by atoms with Crippen molar-refractivity contribution in [3.05, 3.63) is 60.6 Å². The Morgan fingerprint density at radius 2 is 1.79 bits per heavy atom. The second-order valence-electron chi connectivity index (χ2n) is 8.25. The first-order valence-electron chi connectivity index (χ1n) is 10.6. The van der Waals surface area contributed by atoms with E-state index in [0.29, 0.717) is 41.3 Å². The van der Waals surface area contributed by atoms with Crippen LogP contribution < -0.4 is 20.7 Å². The molecular weight excluding hydrogens is 440 g/mol. The molecule has 10 heteroatoms. The molecule has 0 saturated heterocycles. The Balaban J connectivity index is 1.52. The number of nitrogens with zero attached hydrogens (tertiary/aromatic N) is 1. The van der Waals surface area contributed by atoms with Crippen LogP contribution in [0.15, 0.2) is 59.5 Å². The molecule has 0 spiro atoms. The van der Waals surface area contributed by atoms with Crippen LogP contribution in [0, 0.1) is 0 Å². The van der Waals surface area contributed by atoms with Gasteiger partial charge in [0.1, 0.15) is 5.75 Å². The lowest BCUT2D eigenvalue weighted by Gasteiger charge is -2.26. The molecule has 0 aliphatic carbocycles. The Morgan fingerprint density at radius 1 is 1.09 bits per heavy atom. The molecule has 0 unspecified atom stereocenters. The van der Waals surface area contributed by atoms with Gasteiger partial charge in [-0.3, -0.25) is 9.59 Å². The summed E-state index contributed by atoms with van der Waals surface area (Å²) in [5, 5.41) is 26.8. The summed E-state index contributed by atoms with van der Waals surface area (Å²) in [5.41, 5.74) is 1.60. The van der Waals surface area contributed by atoms with Gasteiger partial charge in [-0.25, -0.2) is 4.98 Å². The predicted molar refractivity (Wildman–Crippen MR) is 126 cm³/mol. The van der Waals surface area contributed by atoms with Gasteiger partial charge in [0, 0.05) is 35.1 Å². The normalized spacial score (nSPS) is 11.2. The summed E-state index contributed by atoms with van der Waals surface area (Å²) < 4.78 is 10.6. The lowest BCUT2D eigenvalue weighted by molar-refractivity contribution is -0.137. The fourth-order valence-electron chi connectivity index (χ4n) is 3.23. The van der Waals surface area contributed by atoms with Crippen LogP contribution in [0.25, 0.3) is 11.3 Å². The summed E-state index contributed by atoms with van der Waals surface area (Å²) in [6.07, 6.45) is 1.89. The molecule has 2 amide bonds. The molecule has 1 aromatic heterocycles. The van der Waals surface area contributed by atoms with E-state index in [2.05, 4.69) is 20.9 Å². The van der Waals surface area contributed by atoms with Crippen LogP contribution in [-0.4, -0.2) is 46.2 Å². The molecule has 0 aliphatic heterocycles. The number of aliphatic hydroxyl groups is 2. The maximum Gasteiger partial charge on any atom is 0.313 e. The van der Waals surface area contributed by atoms with Gasteiger partial charge in [0.25, 0.3) is 0 Å². The zero-order valence-electron chi connectivity index (χ0n) is 19.2. The van der Waals surface area contributed by atoms with Crippen molar-refractivity contribution in [1.82, 2.24) is 10.3 Å². The maximum atomic E-state index is 12.5. The van der Waals surface area contributed by atoms with E-state index in [1.54, 1.807) is 48.7 Å². The molecule has 0 fully saturated rings. The molecule has 0 radical (unpaired) electrons. The number of oxazole rings is 1. The van der Waals surface area contributed by atoms with Crippen LogP contribution >= 0.6 is 0 Å². The highest BCUT2D eigenvalue weighted by atomic mass is 16.5. The minimum atomic E-state index is -1.51. The SMILES string of the molecule is COc1cc(NC(=O)C(=O)NC(C)(C)CCNc2ccc(C(O)O)cc2)ccc1-c1cnco1. The summed E-state index contributed by atoms with van der Waals surface area (Å²) in [6, 6.07) is 11.6. The van der Waals surface area contributed by atoms with Crippen molar-refractivity contribution < 1.29 is 29.0 Å². The number of anilines is 2. The fraction of sp³-hybridized carbons (Fsp3) is 0.292. The van der Waals surface area contributed by atoms with E-state index in [0.717, 1.165) is 5.69 Å². The zero-order valence-corrected chi connectivity index (χ0v) is 19.2. The number of ether oxygens (including phenoxy) is 1. The number of methoxy groups -OCH3 is 1. The molecule has 180 valence electrons. The lowest BCUT2D eigenvalue weighted by Crippen LogP contribution is -2.48. The largest absolute Gasteiger partial charge is 0.496 e. The van der Waals surface area contributed by atoms with E-state index in [4.69, 9.17) is 19.4 Å². The van der Waals surface area contributed by atoms with E-state index in [1.807, 2.05) is 13.8 Å². The van der Waals surface area contributed by atoms with Gasteiger partial charge in [-0.1, -0.05) is 12.1 Å². The minimum absolute atomic E-state index is 0.398. The first kappa shape index (κ1) is 24.7. The van der Waals surface area contributed by atoms with Crippen LogP contribution in [0.5, 0.6) is 5.75 Å². The van der Waals surface area contributed by atoms with Crippen molar-refractivity contribution in [2.75, 3.05) is 24.3 Å². The Morgan fingerprint density at radius 3 is 2.41 bits per heavy atom. The maximum absolute atomic E-state index is 12.5. The van der Waals surface area contributed by atoms with Crippen LogP contribution in [0.1, 0.15) is 32.1 Å². The monoisotopic (exact) mass is 468 g/mol. The highest BCUT2D eigenvalue weighted by Gasteiger charge is 2.24. The Kier molecular flexibility index (Phi) is 7.87. The van der Waals surface area contributed by atoms with Crippen molar-refractivity contribution in [2.45, 2.75) is 32.1 Å². The molecule has 34 heavy (non-hydrogen) atoms. The van der Waals surface area contributed by atoms with Gasteiger partial charge in [-0.15, -0.1) is 0 Å². The van der Waals surface area contributed by atoms with E-state index in [9.17, 15) is 9.59 Å². The van der Waals surface area contributed by atoms with Crippen LogP contribution in [0.4, 0.5) is 11.4 Å². The summed E-state index contributed by atoms with van der Waals surface area (Å²) >= 11 is 0. The number of amides is 2. The molecule has 0 aliphatic rings. The van der Waals surface area contributed by atoms with Crippen molar-refractivity contribution in [3.8, 4) is 17.1 Å². The highest BCUT2D eigenvalue weighted by molar-refractivity contribution is 6.39. The molecule has 0 bridgehead atoms. The smallest absolute Gasteiger partial charge is 0.313 e. The highest BCUT2D eigenvalue weighted by Crippen LogP contribution is 2.32. The average Bonchev–Trinajstić information content (AvgIpc) is 3.33. The van der Waals surface area contributed by atoms with Gasteiger partial charge in [0.2, 0.25) is 0 Å². The van der Waals surface area contributed by atoms with Crippen molar-refractivity contribution in [2.24, 2.45) is 0 Å². The average molecular weight is 469 g/mol. The number of benzene rings is 2. The molecule has 5 N–H and O–H groups in total. The van der Waals surface area contributed by atoms with Gasteiger partial charge >= 0.3 is 11.8 Å². The summed E-state index contributed by atoms with van der Waals surface area (Å²) in [7, 11) is 1.49. The number of hydrogen-bond donors (Lipinski definition) is 5. The molecule has 0 saturated carbocycles. The number of aromatic nitrogens is 1. The summed E-state index contributed by atoms with van der Waals surface area (Å²) in [6.45, 7) is 4.16. The second kappa shape index (κ2) is 10.8. The van der Waals surface area contributed by atoms with E-state index >= 15 is 0 Å². The second-order valence-corrected chi connectivity index (χ2v) is 8.25. The molecule has 3 rings (SSSR count). The third-order valence-corrected chi connectivity index (χ3v) is 5.10. The molecule has 3 aromatic rings. The molecule has 10 nitrogen and oxygen atoms in total. The van der Waals surface area contributed by atoms with Crippen molar-refractivity contribution >= 4 is 23.2 Å². The Hall–Kier alpha value is -3.89. The topological polar surface area (TPSA) is 146 Å². The van der Waals surface area contributed by atoms with E-state index < -0.39 is 23.6 Å². The number of nitrogens with one attached hydrogen (secondary N) is 3. The molecular formula is C24H28N4O6. The quantitative estimate of drug-likeness (QED) is 0.238. The molecule has 1 heterocycles. The third-order valence-electron chi connectivity index (χ3n) is 5.10. The molecule has 0 atom stereocenters. The number of hydrogen-bond acceptors (Lipinski definition) is 8. The van der Waals surface area contributed by atoms with Crippen molar-refractivity contribution in [1.29, 1.82) is 0 Å². The summed E-state index contributed by atoms with van der Waals surface area (Å²) in [4.78, 5) is 28.8. The first-order chi connectivity index (χ1) is 16.2.